The lowest BCUT2D eigenvalue weighted by Crippen LogP contribution is -2.01. The van der Waals surface area contributed by atoms with Crippen LogP contribution in [0.2, 0.25) is 0 Å². The van der Waals surface area contributed by atoms with E-state index in [-0.39, 0.29) is 0 Å². The van der Waals surface area contributed by atoms with Crippen LogP contribution in [0.4, 0.5) is 11.4 Å². The minimum atomic E-state index is 0.453. The maximum Gasteiger partial charge on any atom is 0.150 e. The summed E-state index contributed by atoms with van der Waals surface area (Å²) in [5.41, 5.74) is 16.0. The third-order valence-electron chi connectivity index (χ3n) is 3.11. The van der Waals surface area contributed by atoms with E-state index in [4.69, 9.17) is 11.5 Å². The fourth-order valence-electron chi connectivity index (χ4n) is 2.01. The average Bonchev–Trinajstić information content (AvgIpc) is 2.43. The highest BCUT2D eigenvalue weighted by molar-refractivity contribution is 5.98. The average molecular weight is 254 g/mol. The largest absolute Gasteiger partial charge is 0.398 e. The Morgan fingerprint density at radius 1 is 1.00 bits per heavy atom. The molecule has 0 heterocycles. The van der Waals surface area contributed by atoms with Crippen molar-refractivity contribution in [3.8, 4) is 11.1 Å². The van der Waals surface area contributed by atoms with Crippen LogP contribution in [0.1, 0.15) is 26.3 Å². The Morgan fingerprint density at radius 3 is 2.37 bits per heavy atom. The minimum absolute atomic E-state index is 0.453. The van der Waals surface area contributed by atoms with Gasteiger partial charge in [0, 0.05) is 28.1 Å². The molecule has 4 nitrogen and oxygen atoms in total. The Morgan fingerprint density at radius 2 is 1.74 bits per heavy atom. The Labute approximate surface area is 111 Å². The van der Waals surface area contributed by atoms with Crippen molar-refractivity contribution in [2.24, 2.45) is 0 Å². The predicted octanol–water partition coefficient (Wildman–Crippen LogP) is 2.45. The number of aldehydes is 2. The van der Waals surface area contributed by atoms with Crippen molar-refractivity contribution < 1.29 is 9.59 Å². The first-order chi connectivity index (χ1) is 9.08. The van der Waals surface area contributed by atoms with Crippen molar-refractivity contribution in [2.45, 2.75) is 6.92 Å². The fourth-order valence-corrected chi connectivity index (χ4v) is 2.01. The zero-order valence-electron chi connectivity index (χ0n) is 10.5. The van der Waals surface area contributed by atoms with Crippen LogP contribution in [0, 0.1) is 6.92 Å². The van der Waals surface area contributed by atoms with E-state index in [1.54, 1.807) is 24.3 Å². The van der Waals surface area contributed by atoms with Crippen LogP contribution in [0.3, 0.4) is 0 Å². The predicted molar refractivity (Wildman–Crippen MR) is 76.2 cm³/mol. The van der Waals surface area contributed by atoms with Crippen molar-refractivity contribution in [3.63, 3.8) is 0 Å². The summed E-state index contributed by atoms with van der Waals surface area (Å²) in [5.74, 6) is 0. The third-order valence-corrected chi connectivity index (χ3v) is 3.11. The highest BCUT2D eigenvalue weighted by atomic mass is 16.1. The first-order valence-corrected chi connectivity index (χ1v) is 5.77. The van der Waals surface area contributed by atoms with E-state index >= 15 is 0 Å². The molecular formula is C15H14N2O2. The van der Waals surface area contributed by atoms with E-state index in [1.165, 1.54) is 0 Å². The van der Waals surface area contributed by atoms with Crippen LogP contribution >= 0.6 is 0 Å². The third kappa shape index (κ3) is 2.20. The van der Waals surface area contributed by atoms with Gasteiger partial charge in [0.1, 0.15) is 6.29 Å². The number of hydrogen-bond acceptors (Lipinski definition) is 4. The Kier molecular flexibility index (Phi) is 3.33. The van der Waals surface area contributed by atoms with Gasteiger partial charge in [-0.2, -0.15) is 0 Å². The molecule has 4 heteroatoms. The van der Waals surface area contributed by atoms with Gasteiger partial charge in [0.2, 0.25) is 0 Å². The molecule has 0 aromatic heterocycles. The van der Waals surface area contributed by atoms with Crippen LogP contribution in [0.5, 0.6) is 0 Å². The maximum absolute atomic E-state index is 11.1. The van der Waals surface area contributed by atoms with Crippen LogP contribution < -0.4 is 11.5 Å². The monoisotopic (exact) mass is 254 g/mol. The second-order valence-electron chi connectivity index (χ2n) is 4.34. The quantitative estimate of drug-likeness (QED) is 0.650. The summed E-state index contributed by atoms with van der Waals surface area (Å²) in [4.78, 5) is 22.0. The highest BCUT2D eigenvalue weighted by Gasteiger charge is 2.13. The molecule has 0 saturated carbocycles. The van der Waals surface area contributed by atoms with Crippen LogP contribution in [-0.4, -0.2) is 12.6 Å². The normalized spacial score (nSPS) is 10.2. The molecule has 2 rings (SSSR count). The van der Waals surface area contributed by atoms with E-state index in [0.717, 1.165) is 18.1 Å². The Hall–Kier alpha value is -2.62. The molecule has 0 fully saturated rings. The van der Waals surface area contributed by atoms with Gasteiger partial charge in [0.05, 0.1) is 0 Å². The van der Waals surface area contributed by atoms with Crippen molar-refractivity contribution in [1.82, 2.24) is 0 Å². The van der Waals surface area contributed by atoms with Gasteiger partial charge in [-0.05, 0) is 30.2 Å². The molecule has 0 radical (unpaired) electrons. The number of rotatable bonds is 3. The lowest BCUT2D eigenvalue weighted by Gasteiger charge is -2.14. The first-order valence-electron chi connectivity index (χ1n) is 5.77. The summed E-state index contributed by atoms with van der Waals surface area (Å²) in [6.45, 7) is 1.86. The second kappa shape index (κ2) is 4.94. The zero-order chi connectivity index (χ0) is 14.0. The standard InChI is InChI=1S/C15H14N2O2/c1-9-2-5-13(16)14(15(9)17)12-6-10(7-18)3-4-11(12)8-19/h2-8H,16-17H2,1H3. The molecule has 0 aliphatic heterocycles. The molecule has 96 valence electrons. The molecule has 0 saturated heterocycles. The number of benzene rings is 2. The molecule has 0 bridgehead atoms. The SMILES string of the molecule is Cc1ccc(N)c(-c2cc(C=O)ccc2C=O)c1N. The van der Waals surface area contributed by atoms with E-state index in [1.807, 2.05) is 13.0 Å². The maximum atomic E-state index is 11.1. The van der Waals surface area contributed by atoms with Gasteiger partial charge in [-0.1, -0.05) is 18.2 Å². The van der Waals surface area contributed by atoms with Crippen molar-refractivity contribution in [3.05, 3.63) is 47.0 Å². The molecule has 0 spiro atoms. The van der Waals surface area contributed by atoms with Crippen molar-refractivity contribution >= 4 is 23.9 Å². The van der Waals surface area contributed by atoms with Crippen LogP contribution in [-0.2, 0) is 0 Å². The number of nitrogens with two attached hydrogens (primary N) is 2. The number of nitrogen functional groups attached to an aromatic ring is 2. The molecule has 0 amide bonds. The molecule has 2 aromatic carbocycles. The van der Waals surface area contributed by atoms with Gasteiger partial charge in [-0.15, -0.1) is 0 Å². The smallest absolute Gasteiger partial charge is 0.150 e. The number of anilines is 2. The van der Waals surface area contributed by atoms with E-state index in [2.05, 4.69) is 0 Å². The van der Waals surface area contributed by atoms with Gasteiger partial charge in [-0.3, -0.25) is 9.59 Å². The molecule has 2 aromatic rings. The summed E-state index contributed by atoms with van der Waals surface area (Å²) < 4.78 is 0. The topological polar surface area (TPSA) is 86.2 Å². The molecule has 0 aliphatic carbocycles. The van der Waals surface area contributed by atoms with Gasteiger partial charge in [-0.25, -0.2) is 0 Å². The molecule has 19 heavy (non-hydrogen) atoms. The summed E-state index contributed by atoms with van der Waals surface area (Å²) in [7, 11) is 0. The second-order valence-corrected chi connectivity index (χ2v) is 4.34. The summed E-state index contributed by atoms with van der Waals surface area (Å²) >= 11 is 0. The van der Waals surface area contributed by atoms with Crippen LogP contribution in [0.15, 0.2) is 30.3 Å². The van der Waals surface area contributed by atoms with Crippen molar-refractivity contribution in [2.75, 3.05) is 11.5 Å². The summed E-state index contributed by atoms with van der Waals surface area (Å²) in [6.07, 6.45) is 1.45. The molecule has 0 unspecified atom stereocenters. The lowest BCUT2D eigenvalue weighted by atomic mass is 9.94. The van der Waals surface area contributed by atoms with E-state index in [0.29, 0.717) is 33.6 Å². The number of aryl methyl sites for hydroxylation is 1. The Balaban J connectivity index is 2.80. The van der Waals surface area contributed by atoms with Gasteiger partial charge in [0.25, 0.3) is 0 Å². The number of carbonyl (C=O) groups excluding carboxylic acids is 2. The number of carbonyl (C=O) groups is 2. The fraction of sp³-hybridized carbons (Fsp3) is 0.0667. The highest BCUT2D eigenvalue weighted by Crippen LogP contribution is 2.35. The van der Waals surface area contributed by atoms with E-state index < -0.39 is 0 Å². The number of hydrogen-bond donors (Lipinski definition) is 2. The van der Waals surface area contributed by atoms with Crippen molar-refractivity contribution in [1.29, 1.82) is 0 Å². The Bertz CT molecular complexity index is 663. The summed E-state index contributed by atoms with van der Waals surface area (Å²) in [5, 5.41) is 0. The first kappa shape index (κ1) is 12.8. The van der Waals surface area contributed by atoms with Gasteiger partial charge in [0.15, 0.2) is 6.29 Å². The zero-order valence-corrected chi connectivity index (χ0v) is 10.5. The molecular weight excluding hydrogens is 240 g/mol. The van der Waals surface area contributed by atoms with E-state index in [9.17, 15) is 9.59 Å². The minimum Gasteiger partial charge on any atom is -0.398 e. The summed E-state index contributed by atoms with van der Waals surface area (Å²) in [6, 6.07) is 8.36. The molecule has 0 atom stereocenters. The van der Waals surface area contributed by atoms with Crippen LogP contribution in [0.25, 0.3) is 11.1 Å². The lowest BCUT2D eigenvalue weighted by molar-refractivity contribution is 0.111. The van der Waals surface area contributed by atoms with Gasteiger partial charge < -0.3 is 11.5 Å². The molecule has 0 aliphatic rings. The molecule has 4 N–H and O–H groups in total. The van der Waals surface area contributed by atoms with Gasteiger partial charge >= 0.3 is 0 Å².